The van der Waals surface area contributed by atoms with Crippen LogP contribution < -0.4 is 5.32 Å². The van der Waals surface area contributed by atoms with Gasteiger partial charge in [0.25, 0.3) is 0 Å². The smallest absolute Gasteiger partial charge is 0.0578 e. The first-order valence-electron chi connectivity index (χ1n) is 5.68. The number of anilines is 1. The zero-order valence-corrected chi connectivity index (χ0v) is 10.6. The fraction of sp³-hybridized carbons (Fsp3) is 0.286. The molecule has 0 radical (unpaired) electrons. The highest BCUT2D eigenvalue weighted by Crippen LogP contribution is 2.23. The Bertz CT molecular complexity index is 417. The third-order valence-corrected chi connectivity index (χ3v) is 3.77. The summed E-state index contributed by atoms with van der Waals surface area (Å²) in [7, 11) is 0. The summed E-state index contributed by atoms with van der Waals surface area (Å²) in [6, 6.07) is 13.3. The second-order valence-electron chi connectivity index (χ2n) is 3.93. The van der Waals surface area contributed by atoms with Crippen LogP contribution in [0.2, 0.25) is 0 Å². The lowest BCUT2D eigenvalue weighted by Crippen LogP contribution is -2.04. The van der Waals surface area contributed by atoms with Gasteiger partial charge in [0.2, 0.25) is 0 Å². The van der Waals surface area contributed by atoms with Crippen LogP contribution in [0.3, 0.4) is 0 Å². The van der Waals surface area contributed by atoms with E-state index in [1.807, 2.05) is 0 Å². The maximum absolute atomic E-state index is 3.51. The monoisotopic (exact) mass is 231 g/mol. The minimum Gasteiger partial charge on any atom is -0.378 e. The van der Waals surface area contributed by atoms with Gasteiger partial charge >= 0.3 is 0 Å². The van der Waals surface area contributed by atoms with E-state index < -0.39 is 0 Å². The van der Waals surface area contributed by atoms with Crippen molar-refractivity contribution in [1.29, 1.82) is 0 Å². The van der Waals surface area contributed by atoms with Crippen LogP contribution in [0.25, 0.3) is 0 Å². The van der Waals surface area contributed by atoms with E-state index >= 15 is 0 Å². The molecule has 16 heavy (non-hydrogen) atoms. The van der Waals surface area contributed by atoms with Crippen molar-refractivity contribution in [2.24, 2.45) is 0 Å². The predicted molar refractivity (Wildman–Crippen MR) is 72.2 cm³/mol. The molecule has 2 rings (SSSR count). The summed E-state index contributed by atoms with van der Waals surface area (Å²) in [5.74, 6) is 0. The van der Waals surface area contributed by atoms with Crippen LogP contribution >= 0.6 is 11.3 Å². The van der Waals surface area contributed by atoms with Gasteiger partial charge in [-0.25, -0.2) is 0 Å². The molecule has 2 heteroatoms. The molecular formula is C14H17NS. The summed E-state index contributed by atoms with van der Waals surface area (Å²) in [5, 5.41) is 5.62. The van der Waals surface area contributed by atoms with E-state index in [4.69, 9.17) is 0 Å². The third kappa shape index (κ3) is 2.64. The molecule has 0 saturated heterocycles. The topological polar surface area (TPSA) is 12.0 Å². The molecule has 1 nitrogen and oxygen atoms in total. The second kappa shape index (κ2) is 5.17. The van der Waals surface area contributed by atoms with Crippen molar-refractivity contribution >= 4 is 17.0 Å². The van der Waals surface area contributed by atoms with Gasteiger partial charge in [-0.1, -0.05) is 25.1 Å². The van der Waals surface area contributed by atoms with Crippen LogP contribution in [0, 0.1) is 0 Å². The molecule has 0 aliphatic carbocycles. The fourth-order valence-electron chi connectivity index (χ4n) is 1.70. The average molecular weight is 231 g/mol. The molecule has 2 aromatic rings. The standard InChI is InChI=1S/C14H17NS/c1-3-12-6-8-13(9-7-12)15-11(2)14-5-4-10-16-14/h4-11,15H,3H2,1-2H3. The van der Waals surface area contributed by atoms with Crippen molar-refractivity contribution < 1.29 is 0 Å². The van der Waals surface area contributed by atoms with Crippen LogP contribution in [0.1, 0.15) is 30.3 Å². The van der Waals surface area contributed by atoms with Gasteiger partial charge in [0.05, 0.1) is 6.04 Å². The number of hydrogen-bond donors (Lipinski definition) is 1. The lowest BCUT2D eigenvalue weighted by atomic mass is 10.1. The van der Waals surface area contributed by atoms with Crippen molar-refractivity contribution in [2.75, 3.05) is 5.32 Å². The van der Waals surface area contributed by atoms with Crippen LogP contribution in [0.15, 0.2) is 41.8 Å². The van der Waals surface area contributed by atoms with E-state index in [0.29, 0.717) is 6.04 Å². The molecule has 0 amide bonds. The minimum atomic E-state index is 0.382. The second-order valence-corrected chi connectivity index (χ2v) is 4.91. The van der Waals surface area contributed by atoms with Crippen LogP contribution in [0.4, 0.5) is 5.69 Å². The molecule has 1 aromatic carbocycles. The SMILES string of the molecule is CCc1ccc(NC(C)c2cccs2)cc1. The van der Waals surface area contributed by atoms with Crippen LogP contribution in [0.5, 0.6) is 0 Å². The van der Waals surface area contributed by atoms with Gasteiger partial charge in [0, 0.05) is 10.6 Å². The number of hydrogen-bond acceptors (Lipinski definition) is 2. The fourth-order valence-corrected chi connectivity index (χ4v) is 2.43. The lowest BCUT2D eigenvalue weighted by Gasteiger charge is -2.13. The van der Waals surface area contributed by atoms with E-state index in [2.05, 4.69) is 60.9 Å². The molecule has 0 bridgehead atoms. The summed E-state index contributed by atoms with van der Waals surface area (Å²) in [6.07, 6.45) is 1.10. The van der Waals surface area contributed by atoms with Gasteiger partial charge in [-0.15, -0.1) is 11.3 Å². The molecule has 0 aliphatic heterocycles. The van der Waals surface area contributed by atoms with E-state index in [1.165, 1.54) is 16.1 Å². The summed E-state index contributed by atoms with van der Waals surface area (Å²) in [4.78, 5) is 1.37. The Morgan fingerprint density at radius 3 is 2.50 bits per heavy atom. The molecule has 0 spiro atoms. The zero-order valence-electron chi connectivity index (χ0n) is 9.73. The van der Waals surface area contributed by atoms with Crippen LogP contribution in [-0.4, -0.2) is 0 Å². The first-order valence-corrected chi connectivity index (χ1v) is 6.56. The highest BCUT2D eigenvalue weighted by Gasteiger charge is 2.05. The third-order valence-electron chi connectivity index (χ3n) is 2.72. The number of rotatable bonds is 4. The van der Waals surface area contributed by atoms with Gasteiger partial charge in [-0.2, -0.15) is 0 Å². The van der Waals surface area contributed by atoms with E-state index in [-0.39, 0.29) is 0 Å². The van der Waals surface area contributed by atoms with E-state index in [9.17, 15) is 0 Å². The Labute approximate surface area is 101 Å². The maximum Gasteiger partial charge on any atom is 0.0578 e. The quantitative estimate of drug-likeness (QED) is 0.818. The van der Waals surface area contributed by atoms with Crippen molar-refractivity contribution in [3.8, 4) is 0 Å². The average Bonchev–Trinajstić information content (AvgIpc) is 2.83. The Balaban J connectivity index is 2.03. The Kier molecular flexibility index (Phi) is 3.62. The lowest BCUT2D eigenvalue weighted by molar-refractivity contribution is 0.908. The summed E-state index contributed by atoms with van der Waals surface area (Å²) < 4.78 is 0. The zero-order chi connectivity index (χ0) is 11.4. The maximum atomic E-state index is 3.51. The molecule has 0 saturated carbocycles. The van der Waals surface area contributed by atoms with E-state index in [1.54, 1.807) is 11.3 Å². The van der Waals surface area contributed by atoms with Gasteiger partial charge in [0.15, 0.2) is 0 Å². The van der Waals surface area contributed by atoms with Crippen molar-refractivity contribution in [3.05, 3.63) is 52.2 Å². The number of benzene rings is 1. The van der Waals surface area contributed by atoms with Crippen molar-refractivity contribution in [1.82, 2.24) is 0 Å². The van der Waals surface area contributed by atoms with Gasteiger partial charge in [-0.3, -0.25) is 0 Å². The highest BCUT2D eigenvalue weighted by molar-refractivity contribution is 7.10. The molecule has 84 valence electrons. The molecule has 1 heterocycles. The number of nitrogens with one attached hydrogen (secondary N) is 1. The van der Waals surface area contributed by atoms with Crippen LogP contribution in [-0.2, 0) is 6.42 Å². The highest BCUT2D eigenvalue weighted by atomic mass is 32.1. The molecule has 0 fully saturated rings. The number of thiophene rings is 1. The first kappa shape index (κ1) is 11.2. The minimum absolute atomic E-state index is 0.382. The normalized spacial score (nSPS) is 12.4. The first-order chi connectivity index (χ1) is 7.79. The van der Waals surface area contributed by atoms with Gasteiger partial charge in [-0.05, 0) is 42.5 Å². The molecule has 1 aromatic heterocycles. The van der Waals surface area contributed by atoms with Gasteiger partial charge < -0.3 is 5.32 Å². The molecule has 0 aliphatic rings. The molecule has 1 atom stereocenters. The largest absolute Gasteiger partial charge is 0.378 e. The Morgan fingerprint density at radius 2 is 1.94 bits per heavy atom. The molecule has 1 unspecified atom stereocenters. The molecule has 1 N–H and O–H groups in total. The number of aryl methyl sites for hydroxylation is 1. The summed E-state index contributed by atoms with van der Waals surface area (Å²) >= 11 is 1.80. The Morgan fingerprint density at radius 1 is 1.19 bits per heavy atom. The van der Waals surface area contributed by atoms with Gasteiger partial charge in [0.1, 0.15) is 0 Å². The van der Waals surface area contributed by atoms with Crippen molar-refractivity contribution in [3.63, 3.8) is 0 Å². The predicted octanol–water partition coefficient (Wildman–Crippen LogP) is 4.48. The van der Waals surface area contributed by atoms with E-state index in [0.717, 1.165) is 6.42 Å². The van der Waals surface area contributed by atoms with Crippen molar-refractivity contribution in [2.45, 2.75) is 26.3 Å². The Hall–Kier alpha value is -1.28. The summed E-state index contributed by atoms with van der Waals surface area (Å²) in [6.45, 7) is 4.37. The molecular weight excluding hydrogens is 214 g/mol. The summed E-state index contributed by atoms with van der Waals surface area (Å²) in [5.41, 5.74) is 2.58.